The lowest BCUT2D eigenvalue weighted by molar-refractivity contribution is 0.186. The summed E-state index contributed by atoms with van der Waals surface area (Å²) in [5, 5.41) is 14.0. The summed E-state index contributed by atoms with van der Waals surface area (Å²) in [6, 6.07) is 7.94. The van der Waals surface area contributed by atoms with Gasteiger partial charge in [0.05, 0.1) is 18.8 Å². The molecule has 1 atom stereocenters. The Bertz CT molecular complexity index is 944. The number of nitrogens with one attached hydrogen (secondary N) is 3. The van der Waals surface area contributed by atoms with Crippen molar-refractivity contribution in [3.8, 4) is 0 Å². The molecule has 9 heteroatoms. The maximum atomic E-state index is 13.2. The van der Waals surface area contributed by atoms with Crippen LogP contribution >= 0.6 is 11.6 Å². The molecular formula is C19H20ClFN6O. The fourth-order valence-corrected chi connectivity index (χ4v) is 3.03. The molecule has 146 valence electrons. The minimum atomic E-state index is -0.293. The van der Waals surface area contributed by atoms with Gasteiger partial charge in [-0.05, 0) is 30.5 Å². The van der Waals surface area contributed by atoms with E-state index in [1.165, 1.54) is 31.2 Å². The van der Waals surface area contributed by atoms with Gasteiger partial charge >= 0.3 is 0 Å². The number of aromatic amines is 1. The van der Waals surface area contributed by atoms with E-state index >= 15 is 0 Å². The molecule has 3 N–H and O–H groups in total. The van der Waals surface area contributed by atoms with Crippen LogP contribution in [0.25, 0.3) is 0 Å². The molecule has 0 amide bonds. The summed E-state index contributed by atoms with van der Waals surface area (Å²) < 4.78 is 18.5. The van der Waals surface area contributed by atoms with Crippen LogP contribution in [-0.4, -0.2) is 33.9 Å². The van der Waals surface area contributed by atoms with Crippen LogP contribution in [0.4, 0.5) is 22.0 Å². The molecular weight excluding hydrogens is 383 g/mol. The Morgan fingerprint density at radius 2 is 2.11 bits per heavy atom. The lowest BCUT2D eigenvalue weighted by Gasteiger charge is -2.19. The van der Waals surface area contributed by atoms with Crippen molar-refractivity contribution in [3.05, 3.63) is 58.6 Å². The summed E-state index contributed by atoms with van der Waals surface area (Å²) in [5.41, 5.74) is 1.97. The highest BCUT2D eigenvalue weighted by atomic mass is 35.5. The molecule has 0 bridgehead atoms. The van der Waals surface area contributed by atoms with Gasteiger partial charge in [-0.15, -0.1) is 0 Å². The molecule has 0 radical (unpaired) electrons. The molecule has 3 aromatic rings. The zero-order valence-corrected chi connectivity index (χ0v) is 16.0. The Hall–Kier alpha value is -2.71. The topological polar surface area (TPSA) is 87.8 Å². The first-order chi connectivity index (χ1) is 13.6. The van der Waals surface area contributed by atoms with E-state index in [-0.39, 0.29) is 11.9 Å². The number of ether oxygens (including phenoxy) is 1. The van der Waals surface area contributed by atoms with Crippen molar-refractivity contribution >= 4 is 29.2 Å². The molecule has 28 heavy (non-hydrogen) atoms. The minimum Gasteiger partial charge on any atom is -0.382 e. The van der Waals surface area contributed by atoms with Crippen molar-refractivity contribution in [1.29, 1.82) is 0 Å². The lowest BCUT2D eigenvalue weighted by atomic mass is 10.1. The van der Waals surface area contributed by atoms with E-state index in [0.717, 1.165) is 11.3 Å². The Kier molecular flexibility index (Phi) is 5.40. The highest BCUT2D eigenvalue weighted by Crippen LogP contribution is 2.39. The molecule has 1 aliphatic rings. The average molecular weight is 403 g/mol. The summed E-state index contributed by atoms with van der Waals surface area (Å²) >= 11 is 6.24. The van der Waals surface area contributed by atoms with Crippen molar-refractivity contribution in [1.82, 2.24) is 20.2 Å². The maximum Gasteiger partial charge on any atom is 0.225 e. The third-order valence-electron chi connectivity index (χ3n) is 4.51. The Morgan fingerprint density at radius 3 is 2.82 bits per heavy atom. The fourth-order valence-electron chi connectivity index (χ4n) is 2.89. The summed E-state index contributed by atoms with van der Waals surface area (Å²) in [5.74, 6) is 1.75. The van der Waals surface area contributed by atoms with Crippen LogP contribution in [0, 0.1) is 5.82 Å². The zero-order chi connectivity index (χ0) is 19.5. The zero-order valence-electron chi connectivity index (χ0n) is 15.2. The van der Waals surface area contributed by atoms with E-state index in [0.29, 0.717) is 35.1 Å². The second kappa shape index (κ2) is 8.12. The smallest absolute Gasteiger partial charge is 0.225 e. The molecule has 1 saturated carbocycles. The number of H-pyrrole nitrogens is 1. The molecule has 4 rings (SSSR count). The van der Waals surface area contributed by atoms with E-state index in [2.05, 4.69) is 30.8 Å². The summed E-state index contributed by atoms with van der Waals surface area (Å²) in [4.78, 5) is 8.69. The van der Waals surface area contributed by atoms with Crippen molar-refractivity contribution in [3.63, 3.8) is 0 Å². The van der Waals surface area contributed by atoms with Crippen molar-refractivity contribution in [2.75, 3.05) is 24.4 Å². The quantitative estimate of drug-likeness (QED) is 0.517. The van der Waals surface area contributed by atoms with Gasteiger partial charge in [-0.1, -0.05) is 23.7 Å². The van der Waals surface area contributed by atoms with Crippen molar-refractivity contribution < 1.29 is 9.13 Å². The van der Waals surface area contributed by atoms with Gasteiger partial charge in [0, 0.05) is 24.8 Å². The van der Waals surface area contributed by atoms with Crippen LogP contribution in [0.3, 0.4) is 0 Å². The minimum absolute atomic E-state index is 0.244. The van der Waals surface area contributed by atoms with Crippen LogP contribution in [0.1, 0.15) is 36.1 Å². The molecule has 1 fully saturated rings. The number of aromatic nitrogens is 4. The van der Waals surface area contributed by atoms with Crippen molar-refractivity contribution in [2.45, 2.75) is 24.8 Å². The number of hydrogen-bond acceptors (Lipinski definition) is 6. The average Bonchev–Trinajstić information content (AvgIpc) is 3.44. The van der Waals surface area contributed by atoms with E-state index in [4.69, 9.17) is 16.3 Å². The predicted molar refractivity (Wildman–Crippen MR) is 106 cm³/mol. The molecule has 1 aliphatic carbocycles. The molecule has 7 nitrogen and oxygen atoms in total. The van der Waals surface area contributed by atoms with Crippen molar-refractivity contribution in [2.24, 2.45) is 0 Å². The third-order valence-corrected chi connectivity index (χ3v) is 4.79. The summed E-state index contributed by atoms with van der Waals surface area (Å²) in [7, 11) is 1.60. The normalized spacial score (nSPS) is 14.7. The first-order valence-corrected chi connectivity index (χ1v) is 9.36. The van der Waals surface area contributed by atoms with Crippen LogP contribution in [0.5, 0.6) is 0 Å². The number of nitrogens with zero attached hydrogens (tertiary/aromatic N) is 3. The number of halogens is 2. The van der Waals surface area contributed by atoms with Gasteiger partial charge in [0.2, 0.25) is 5.95 Å². The summed E-state index contributed by atoms with van der Waals surface area (Å²) in [6.07, 6.45) is 3.89. The predicted octanol–water partition coefficient (Wildman–Crippen LogP) is 4.41. The molecule has 0 spiro atoms. The van der Waals surface area contributed by atoms with Gasteiger partial charge in [0.15, 0.2) is 11.6 Å². The van der Waals surface area contributed by atoms with E-state index in [1.807, 2.05) is 6.07 Å². The van der Waals surface area contributed by atoms with Crippen LogP contribution < -0.4 is 10.6 Å². The summed E-state index contributed by atoms with van der Waals surface area (Å²) in [6.45, 7) is 0.366. The highest BCUT2D eigenvalue weighted by molar-refractivity contribution is 6.32. The van der Waals surface area contributed by atoms with Gasteiger partial charge in [0.1, 0.15) is 10.8 Å². The first-order valence-electron chi connectivity index (χ1n) is 8.98. The Morgan fingerprint density at radius 1 is 1.32 bits per heavy atom. The molecule has 0 aliphatic heterocycles. The second-order valence-corrected chi connectivity index (χ2v) is 7.11. The lowest BCUT2D eigenvalue weighted by Crippen LogP contribution is -2.18. The number of methoxy groups -OCH3 is 1. The van der Waals surface area contributed by atoms with Gasteiger partial charge in [-0.25, -0.2) is 9.37 Å². The molecule has 2 aromatic heterocycles. The van der Waals surface area contributed by atoms with Crippen LogP contribution in [0.2, 0.25) is 5.02 Å². The number of anilines is 3. The van der Waals surface area contributed by atoms with Crippen LogP contribution in [0.15, 0.2) is 36.5 Å². The van der Waals surface area contributed by atoms with E-state index in [1.54, 1.807) is 19.2 Å². The monoisotopic (exact) mass is 402 g/mol. The van der Waals surface area contributed by atoms with Gasteiger partial charge in [-0.3, -0.25) is 5.10 Å². The van der Waals surface area contributed by atoms with Gasteiger partial charge in [-0.2, -0.15) is 10.1 Å². The molecule has 2 heterocycles. The first kappa shape index (κ1) is 18.6. The molecule has 0 saturated heterocycles. The highest BCUT2D eigenvalue weighted by Gasteiger charge is 2.25. The fraction of sp³-hybridized carbons (Fsp3) is 0.316. The van der Waals surface area contributed by atoms with E-state index < -0.39 is 0 Å². The SMILES string of the molecule is COC[C@H](Nc1ncc(Cl)c(Nc2cc(C3CC3)[nH]n2)n1)c1ccc(F)cc1. The standard InChI is InChI=1S/C19H20ClFN6O/c1-28-10-16(12-4-6-13(21)7-5-12)23-19-22-9-14(20)18(25-19)24-17-8-15(26-27-17)11-2-3-11/h4-9,11,16H,2-3,10H2,1H3,(H3,22,23,24,25,26,27)/t16-/m0/s1. The molecule has 0 unspecified atom stereocenters. The number of rotatable bonds is 8. The van der Waals surface area contributed by atoms with Gasteiger partial charge < -0.3 is 15.4 Å². The number of benzene rings is 1. The van der Waals surface area contributed by atoms with E-state index in [9.17, 15) is 4.39 Å². The third kappa shape index (κ3) is 4.40. The maximum absolute atomic E-state index is 13.2. The van der Waals surface area contributed by atoms with Crippen LogP contribution in [-0.2, 0) is 4.74 Å². The van der Waals surface area contributed by atoms with Gasteiger partial charge in [0.25, 0.3) is 0 Å². The number of hydrogen-bond donors (Lipinski definition) is 3. The molecule has 1 aromatic carbocycles. The largest absolute Gasteiger partial charge is 0.382 e. The Labute approximate surface area is 166 Å². The second-order valence-electron chi connectivity index (χ2n) is 6.70. The Balaban J connectivity index is 1.51.